The molecule has 0 bridgehead atoms. The zero-order valence-electron chi connectivity index (χ0n) is 13.8. The Morgan fingerprint density at radius 1 is 0.950 bits per heavy atom. The molecule has 1 heterocycles. The molecular weight excluding hydrogens is 246 g/mol. The molecule has 3 heteroatoms. The van der Waals surface area contributed by atoms with Crippen molar-refractivity contribution >= 4 is 5.82 Å². The highest BCUT2D eigenvalue weighted by Gasteiger charge is 2.18. The number of aromatic nitrogens is 2. The molecule has 0 aliphatic rings. The first-order valence-corrected chi connectivity index (χ1v) is 8.11. The smallest absolute Gasteiger partial charge is 0.130 e. The van der Waals surface area contributed by atoms with Crippen LogP contribution in [0.1, 0.15) is 65.1 Å². The van der Waals surface area contributed by atoms with Crippen molar-refractivity contribution in [1.82, 2.24) is 9.97 Å². The Hall–Kier alpha value is -1.12. The number of nitrogens with zero attached hydrogens (tertiary/aromatic N) is 2. The van der Waals surface area contributed by atoms with Crippen LogP contribution in [0.4, 0.5) is 5.82 Å². The van der Waals surface area contributed by atoms with E-state index in [1.807, 2.05) is 0 Å². The molecular formula is C17H31N3. The average molecular weight is 277 g/mol. The van der Waals surface area contributed by atoms with Crippen LogP contribution in [-0.2, 0) is 12.8 Å². The van der Waals surface area contributed by atoms with Crippen LogP contribution in [0.5, 0.6) is 0 Å². The van der Waals surface area contributed by atoms with Crippen LogP contribution in [0, 0.1) is 17.8 Å². The Morgan fingerprint density at radius 2 is 1.60 bits per heavy atom. The third kappa shape index (κ3) is 4.46. The first-order valence-electron chi connectivity index (χ1n) is 8.11. The lowest BCUT2D eigenvalue weighted by molar-refractivity contribution is 0.373. The van der Waals surface area contributed by atoms with Crippen molar-refractivity contribution in [1.29, 1.82) is 0 Å². The largest absolute Gasteiger partial charge is 0.383 e. The highest BCUT2D eigenvalue weighted by molar-refractivity contribution is 5.41. The van der Waals surface area contributed by atoms with Crippen molar-refractivity contribution in [2.24, 2.45) is 17.8 Å². The molecule has 0 saturated heterocycles. The normalized spacial score (nSPS) is 14.5. The lowest BCUT2D eigenvalue weighted by Crippen LogP contribution is -2.16. The summed E-state index contributed by atoms with van der Waals surface area (Å²) in [6.07, 6.45) is 7.24. The fourth-order valence-corrected chi connectivity index (χ4v) is 2.64. The molecule has 0 aromatic carbocycles. The summed E-state index contributed by atoms with van der Waals surface area (Å²) >= 11 is 0. The highest BCUT2D eigenvalue weighted by Crippen LogP contribution is 2.26. The monoisotopic (exact) mass is 277 g/mol. The Balaban J connectivity index is 2.93. The lowest BCUT2D eigenvalue weighted by Gasteiger charge is -2.21. The predicted octanol–water partition coefficient (Wildman–Crippen LogP) is 4.26. The van der Waals surface area contributed by atoms with E-state index in [0.29, 0.717) is 23.6 Å². The zero-order chi connectivity index (χ0) is 15.1. The summed E-state index contributed by atoms with van der Waals surface area (Å²) in [6.45, 7) is 11.4. The maximum atomic E-state index is 6.12. The Kier molecular flexibility index (Phi) is 6.97. The maximum absolute atomic E-state index is 6.12. The topological polar surface area (TPSA) is 51.8 Å². The number of nitrogen functional groups attached to an aromatic ring is 1. The molecule has 0 saturated carbocycles. The van der Waals surface area contributed by atoms with Crippen molar-refractivity contribution in [3.8, 4) is 0 Å². The molecule has 0 fully saturated rings. The standard InChI is InChI=1S/C17H31N3/c1-6-12(4)13(5)9-15-16(10-14(7-2)8-3)19-11-20-17(15)18/h11-14H,6-10H2,1-5H3,(H2,18,19,20). The number of hydrogen-bond acceptors (Lipinski definition) is 3. The molecule has 2 unspecified atom stereocenters. The molecule has 1 aromatic rings. The number of hydrogen-bond donors (Lipinski definition) is 1. The van der Waals surface area contributed by atoms with Gasteiger partial charge >= 0.3 is 0 Å². The van der Waals surface area contributed by atoms with Gasteiger partial charge in [-0.15, -0.1) is 0 Å². The van der Waals surface area contributed by atoms with Crippen molar-refractivity contribution in [2.45, 2.75) is 66.7 Å². The van der Waals surface area contributed by atoms with Gasteiger partial charge in [-0.05, 0) is 30.6 Å². The second-order valence-corrected chi connectivity index (χ2v) is 6.14. The molecule has 2 atom stereocenters. The average Bonchev–Trinajstić information content (AvgIpc) is 2.46. The summed E-state index contributed by atoms with van der Waals surface area (Å²) in [5.74, 6) is 2.70. The second-order valence-electron chi connectivity index (χ2n) is 6.14. The number of anilines is 1. The van der Waals surface area contributed by atoms with E-state index in [0.717, 1.165) is 12.8 Å². The minimum absolute atomic E-state index is 0.619. The molecule has 20 heavy (non-hydrogen) atoms. The molecule has 0 aliphatic heterocycles. The van der Waals surface area contributed by atoms with Crippen LogP contribution in [0.15, 0.2) is 6.33 Å². The fourth-order valence-electron chi connectivity index (χ4n) is 2.64. The first kappa shape index (κ1) is 16.9. The van der Waals surface area contributed by atoms with Crippen molar-refractivity contribution in [3.63, 3.8) is 0 Å². The molecule has 2 N–H and O–H groups in total. The van der Waals surface area contributed by atoms with Crippen LogP contribution in [0.25, 0.3) is 0 Å². The van der Waals surface area contributed by atoms with E-state index in [-0.39, 0.29) is 0 Å². The third-order valence-corrected chi connectivity index (χ3v) is 4.85. The summed E-state index contributed by atoms with van der Waals surface area (Å²) in [5.41, 5.74) is 8.47. The van der Waals surface area contributed by atoms with Crippen molar-refractivity contribution in [2.75, 3.05) is 5.73 Å². The zero-order valence-corrected chi connectivity index (χ0v) is 13.8. The van der Waals surface area contributed by atoms with Gasteiger partial charge in [0.1, 0.15) is 12.1 Å². The van der Waals surface area contributed by atoms with Gasteiger partial charge < -0.3 is 5.73 Å². The van der Waals surface area contributed by atoms with Crippen molar-refractivity contribution < 1.29 is 0 Å². The summed E-state index contributed by atoms with van der Waals surface area (Å²) in [4.78, 5) is 8.73. The minimum atomic E-state index is 0.619. The van der Waals surface area contributed by atoms with Crippen LogP contribution < -0.4 is 5.73 Å². The van der Waals surface area contributed by atoms with Gasteiger partial charge in [0.05, 0.1) is 0 Å². The summed E-state index contributed by atoms with van der Waals surface area (Å²) < 4.78 is 0. The predicted molar refractivity (Wildman–Crippen MR) is 86.5 cm³/mol. The van der Waals surface area contributed by atoms with Gasteiger partial charge in [-0.25, -0.2) is 9.97 Å². The molecule has 0 aliphatic carbocycles. The summed E-state index contributed by atoms with van der Waals surface area (Å²) in [7, 11) is 0. The van der Waals surface area contributed by atoms with E-state index < -0.39 is 0 Å². The van der Waals surface area contributed by atoms with E-state index in [4.69, 9.17) is 5.73 Å². The Bertz CT molecular complexity index is 399. The molecule has 114 valence electrons. The van der Waals surface area contributed by atoms with Gasteiger partial charge in [-0.2, -0.15) is 0 Å². The maximum Gasteiger partial charge on any atom is 0.130 e. The van der Waals surface area contributed by atoms with Crippen LogP contribution >= 0.6 is 0 Å². The van der Waals surface area contributed by atoms with E-state index in [1.165, 1.54) is 30.5 Å². The summed E-state index contributed by atoms with van der Waals surface area (Å²) in [6, 6.07) is 0. The Labute approximate surface area is 124 Å². The van der Waals surface area contributed by atoms with Gasteiger partial charge in [0.25, 0.3) is 0 Å². The van der Waals surface area contributed by atoms with Crippen molar-refractivity contribution in [3.05, 3.63) is 17.6 Å². The van der Waals surface area contributed by atoms with E-state index in [2.05, 4.69) is 44.6 Å². The molecule has 0 spiro atoms. The Morgan fingerprint density at radius 3 is 2.15 bits per heavy atom. The van der Waals surface area contributed by atoms with E-state index >= 15 is 0 Å². The molecule has 1 aromatic heterocycles. The summed E-state index contributed by atoms with van der Waals surface area (Å²) in [5, 5.41) is 0. The lowest BCUT2D eigenvalue weighted by atomic mass is 9.86. The molecule has 3 nitrogen and oxygen atoms in total. The van der Waals surface area contributed by atoms with Crippen LogP contribution in [0.3, 0.4) is 0 Å². The van der Waals surface area contributed by atoms with Crippen LogP contribution in [-0.4, -0.2) is 9.97 Å². The van der Waals surface area contributed by atoms with Gasteiger partial charge in [0, 0.05) is 11.3 Å². The number of rotatable bonds is 8. The third-order valence-electron chi connectivity index (χ3n) is 4.85. The molecule has 0 radical (unpaired) electrons. The number of nitrogens with two attached hydrogens (primary N) is 1. The van der Waals surface area contributed by atoms with E-state index in [1.54, 1.807) is 6.33 Å². The molecule has 1 rings (SSSR count). The second kappa shape index (κ2) is 8.23. The van der Waals surface area contributed by atoms with Gasteiger partial charge in [-0.1, -0.05) is 53.9 Å². The van der Waals surface area contributed by atoms with Crippen LogP contribution in [0.2, 0.25) is 0 Å². The highest BCUT2D eigenvalue weighted by atomic mass is 14.9. The fraction of sp³-hybridized carbons (Fsp3) is 0.765. The van der Waals surface area contributed by atoms with Gasteiger partial charge in [0.2, 0.25) is 0 Å². The van der Waals surface area contributed by atoms with Gasteiger partial charge in [0.15, 0.2) is 0 Å². The quantitative estimate of drug-likeness (QED) is 0.772. The first-order chi connectivity index (χ1) is 9.53. The molecule has 0 amide bonds. The SMILES string of the molecule is CCC(CC)Cc1ncnc(N)c1CC(C)C(C)CC. The van der Waals surface area contributed by atoms with Gasteiger partial charge in [-0.3, -0.25) is 0 Å². The minimum Gasteiger partial charge on any atom is -0.383 e. The van der Waals surface area contributed by atoms with E-state index in [9.17, 15) is 0 Å².